The summed E-state index contributed by atoms with van der Waals surface area (Å²) < 4.78 is 4.23. The van der Waals surface area contributed by atoms with Gasteiger partial charge in [0.1, 0.15) is 0 Å². The zero-order valence-electron chi connectivity index (χ0n) is 6.21. The average molecular weight is 157 g/mol. The van der Waals surface area contributed by atoms with Crippen LogP contribution in [0.15, 0.2) is 0 Å². The molecule has 11 heavy (non-hydrogen) atoms. The van der Waals surface area contributed by atoms with Gasteiger partial charge >= 0.3 is 12.1 Å². The highest BCUT2D eigenvalue weighted by Crippen LogP contribution is 2.25. The van der Waals surface area contributed by atoms with Gasteiger partial charge in [0.2, 0.25) is 0 Å². The van der Waals surface area contributed by atoms with E-state index < -0.39 is 12.1 Å². The molecule has 0 aliphatic heterocycles. The number of esters is 1. The Bertz CT molecular complexity index is 173. The minimum atomic E-state index is -0.998. The first-order valence-electron chi connectivity index (χ1n) is 3.71. The fourth-order valence-electron chi connectivity index (χ4n) is 1.34. The summed E-state index contributed by atoms with van der Waals surface area (Å²) in [6, 6.07) is 0. The summed E-state index contributed by atoms with van der Waals surface area (Å²) >= 11 is 0. The number of carbonyl (C=O) groups is 2. The van der Waals surface area contributed by atoms with Crippen LogP contribution >= 0.6 is 0 Å². The summed E-state index contributed by atoms with van der Waals surface area (Å²) in [6.45, 7) is 0. The van der Waals surface area contributed by atoms with Crippen LogP contribution in [0, 0.1) is 5.92 Å². The number of hydrogen-bond acceptors (Lipinski definition) is 3. The van der Waals surface area contributed by atoms with Crippen molar-refractivity contribution in [1.29, 1.82) is 0 Å². The lowest BCUT2D eigenvalue weighted by molar-refractivity contribution is -0.141. The third-order valence-corrected chi connectivity index (χ3v) is 1.89. The molecule has 2 N–H and O–H groups in total. The first-order chi connectivity index (χ1) is 5.20. The summed E-state index contributed by atoms with van der Waals surface area (Å²) in [5, 5.41) is 0. The zero-order valence-corrected chi connectivity index (χ0v) is 6.21. The molecule has 1 rings (SSSR count). The summed E-state index contributed by atoms with van der Waals surface area (Å²) in [5.74, 6) is -0.558. The normalized spacial score (nSPS) is 18.2. The van der Waals surface area contributed by atoms with E-state index in [0.29, 0.717) is 0 Å². The molecule has 4 heteroatoms. The maximum atomic E-state index is 10.9. The molecule has 1 amide bonds. The fraction of sp³-hybridized carbons (Fsp3) is 0.714. The molecule has 0 bridgehead atoms. The van der Waals surface area contributed by atoms with Crippen molar-refractivity contribution in [2.75, 3.05) is 0 Å². The molecule has 0 aromatic carbocycles. The van der Waals surface area contributed by atoms with Crippen molar-refractivity contribution in [3.63, 3.8) is 0 Å². The van der Waals surface area contributed by atoms with Crippen LogP contribution in [0.5, 0.6) is 0 Å². The molecule has 62 valence electrons. The van der Waals surface area contributed by atoms with E-state index in [9.17, 15) is 9.59 Å². The van der Waals surface area contributed by atoms with Gasteiger partial charge in [-0.05, 0) is 12.8 Å². The largest absolute Gasteiger partial charge is 0.412 e. The van der Waals surface area contributed by atoms with E-state index in [4.69, 9.17) is 0 Å². The molecule has 0 heterocycles. The van der Waals surface area contributed by atoms with E-state index in [1.54, 1.807) is 0 Å². The van der Waals surface area contributed by atoms with Gasteiger partial charge in [0.05, 0.1) is 5.92 Å². The summed E-state index contributed by atoms with van der Waals surface area (Å²) in [5.41, 5.74) is 4.68. The van der Waals surface area contributed by atoms with Gasteiger partial charge in [0.15, 0.2) is 0 Å². The second kappa shape index (κ2) is 3.37. The average Bonchev–Trinajstić information content (AvgIpc) is 2.35. The second-order valence-electron chi connectivity index (χ2n) is 2.72. The minimum absolute atomic E-state index is 0.0949. The van der Waals surface area contributed by atoms with Crippen molar-refractivity contribution in [1.82, 2.24) is 0 Å². The third kappa shape index (κ3) is 2.22. The maximum absolute atomic E-state index is 10.9. The molecule has 0 saturated heterocycles. The van der Waals surface area contributed by atoms with Gasteiger partial charge in [-0.2, -0.15) is 0 Å². The summed E-state index contributed by atoms with van der Waals surface area (Å²) in [7, 11) is 0. The van der Waals surface area contributed by atoms with Gasteiger partial charge in [-0.1, -0.05) is 12.8 Å². The van der Waals surface area contributed by atoms with Gasteiger partial charge in [-0.3, -0.25) is 4.79 Å². The SMILES string of the molecule is NC(=O)OC(=O)C1CCCC1. The van der Waals surface area contributed by atoms with Crippen LogP contribution in [-0.2, 0) is 9.53 Å². The van der Waals surface area contributed by atoms with Crippen LogP contribution in [0.3, 0.4) is 0 Å². The van der Waals surface area contributed by atoms with Gasteiger partial charge in [-0.25, -0.2) is 4.79 Å². The lowest BCUT2D eigenvalue weighted by Gasteiger charge is -2.04. The molecule has 0 aromatic rings. The molecule has 0 radical (unpaired) electrons. The number of primary amides is 1. The topological polar surface area (TPSA) is 69.4 Å². The van der Waals surface area contributed by atoms with E-state index in [-0.39, 0.29) is 5.92 Å². The Morgan fingerprint density at radius 2 is 1.82 bits per heavy atom. The Morgan fingerprint density at radius 3 is 2.27 bits per heavy atom. The van der Waals surface area contributed by atoms with Gasteiger partial charge < -0.3 is 10.5 Å². The second-order valence-corrected chi connectivity index (χ2v) is 2.72. The van der Waals surface area contributed by atoms with E-state index in [1.165, 1.54) is 0 Å². The van der Waals surface area contributed by atoms with Crippen LogP contribution < -0.4 is 5.73 Å². The quantitative estimate of drug-likeness (QED) is 0.452. The van der Waals surface area contributed by atoms with E-state index >= 15 is 0 Å². The maximum Gasteiger partial charge on any atom is 0.412 e. The lowest BCUT2D eigenvalue weighted by Crippen LogP contribution is -2.23. The molecular weight excluding hydrogens is 146 g/mol. The predicted molar refractivity (Wildman–Crippen MR) is 37.6 cm³/mol. The number of carbonyl (C=O) groups excluding carboxylic acids is 2. The minimum Gasteiger partial charge on any atom is -0.376 e. The van der Waals surface area contributed by atoms with Crippen LogP contribution in [-0.4, -0.2) is 12.1 Å². The van der Waals surface area contributed by atoms with Gasteiger partial charge in [0, 0.05) is 0 Å². The molecule has 0 spiro atoms. The number of nitrogens with two attached hydrogens (primary N) is 1. The van der Waals surface area contributed by atoms with Crippen molar-refractivity contribution in [3.8, 4) is 0 Å². The van der Waals surface area contributed by atoms with Gasteiger partial charge in [-0.15, -0.1) is 0 Å². The Hall–Kier alpha value is -1.06. The van der Waals surface area contributed by atoms with E-state index in [0.717, 1.165) is 25.7 Å². The Labute approximate surface area is 64.7 Å². The summed E-state index contributed by atoms with van der Waals surface area (Å²) in [4.78, 5) is 21.1. The van der Waals surface area contributed by atoms with Crippen molar-refractivity contribution in [2.45, 2.75) is 25.7 Å². The first-order valence-corrected chi connectivity index (χ1v) is 3.71. The smallest absolute Gasteiger partial charge is 0.376 e. The van der Waals surface area contributed by atoms with Crippen LogP contribution in [0.1, 0.15) is 25.7 Å². The molecule has 1 aliphatic rings. The van der Waals surface area contributed by atoms with Gasteiger partial charge in [0.25, 0.3) is 0 Å². The molecule has 0 unspecified atom stereocenters. The molecular formula is C7H11NO3. The Kier molecular flexibility index (Phi) is 2.46. The van der Waals surface area contributed by atoms with Crippen molar-refractivity contribution >= 4 is 12.1 Å². The predicted octanol–water partition coefficient (Wildman–Crippen LogP) is 0.798. The summed E-state index contributed by atoms with van der Waals surface area (Å²) in [6.07, 6.45) is 2.73. The van der Waals surface area contributed by atoms with Crippen LogP contribution in [0.4, 0.5) is 4.79 Å². The molecule has 1 aliphatic carbocycles. The molecule has 1 fully saturated rings. The fourth-order valence-corrected chi connectivity index (χ4v) is 1.34. The number of amides is 1. The zero-order chi connectivity index (χ0) is 8.27. The Morgan fingerprint density at radius 1 is 1.27 bits per heavy atom. The molecule has 0 atom stereocenters. The highest BCUT2D eigenvalue weighted by Gasteiger charge is 2.25. The molecule has 4 nitrogen and oxygen atoms in total. The van der Waals surface area contributed by atoms with Crippen LogP contribution in [0.25, 0.3) is 0 Å². The lowest BCUT2D eigenvalue weighted by atomic mass is 10.1. The van der Waals surface area contributed by atoms with Crippen LogP contribution in [0.2, 0.25) is 0 Å². The highest BCUT2D eigenvalue weighted by molar-refractivity contribution is 5.85. The van der Waals surface area contributed by atoms with E-state index in [2.05, 4.69) is 10.5 Å². The first kappa shape index (κ1) is 8.04. The Balaban J connectivity index is 2.34. The standard InChI is InChI=1S/C7H11NO3/c8-7(10)11-6(9)5-3-1-2-4-5/h5H,1-4H2,(H2,8,10). The number of ether oxygens (including phenoxy) is 1. The van der Waals surface area contributed by atoms with Crippen molar-refractivity contribution in [3.05, 3.63) is 0 Å². The molecule has 0 aromatic heterocycles. The molecule has 1 saturated carbocycles. The van der Waals surface area contributed by atoms with Crippen molar-refractivity contribution < 1.29 is 14.3 Å². The monoisotopic (exact) mass is 157 g/mol. The third-order valence-electron chi connectivity index (χ3n) is 1.89. The highest BCUT2D eigenvalue weighted by atomic mass is 16.6. The van der Waals surface area contributed by atoms with Crippen molar-refractivity contribution in [2.24, 2.45) is 11.7 Å². The number of rotatable bonds is 1. The number of hydrogen-bond donors (Lipinski definition) is 1. The van der Waals surface area contributed by atoms with E-state index in [1.807, 2.05) is 0 Å².